The molecule has 2 aromatic carbocycles. The van der Waals surface area contributed by atoms with Gasteiger partial charge in [0.25, 0.3) is 0 Å². The minimum atomic E-state index is -0.892. The maximum Gasteiger partial charge on any atom is 0.307 e. The molecule has 0 saturated heterocycles. The molecule has 0 amide bonds. The van der Waals surface area contributed by atoms with Crippen molar-refractivity contribution in [2.75, 3.05) is 0 Å². The van der Waals surface area contributed by atoms with Crippen LogP contribution in [0.4, 0.5) is 5.69 Å². The van der Waals surface area contributed by atoms with Crippen LogP contribution in [-0.4, -0.2) is 26.3 Å². The normalized spacial score (nSPS) is 10.8. The van der Waals surface area contributed by atoms with Gasteiger partial charge < -0.3 is 5.11 Å². The third kappa shape index (κ3) is 3.14. The molecule has 0 saturated carbocycles. The molecule has 0 fully saturated rings. The first kappa shape index (κ1) is 15.0. The Balaban J connectivity index is 1.90. The molecule has 1 N–H and O–H groups in total. The molecule has 0 aliphatic rings. The molecule has 0 aliphatic heterocycles. The number of nitrogens with zero attached hydrogens (tertiary/aromatic N) is 3. The van der Waals surface area contributed by atoms with Crippen molar-refractivity contribution in [3.05, 3.63) is 52.1 Å². The molecule has 1 heterocycles. The van der Waals surface area contributed by atoms with E-state index in [1.165, 1.54) is 17.8 Å². The Morgan fingerprint density at radius 1 is 1.17 bits per heavy atom. The average molecular weight is 331 g/mol. The van der Waals surface area contributed by atoms with E-state index in [1.807, 2.05) is 0 Å². The van der Waals surface area contributed by atoms with Crippen molar-refractivity contribution < 1.29 is 19.5 Å². The molecule has 0 spiro atoms. The van der Waals surface area contributed by atoms with E-state index < -0.39 is 10.9 Å². The fraction of sp³-hybridized carbons (Fsp3) is 0.0714. The van der Waals surface area contributed by atoms with Crippen LogP contribution in [0.5, 0.6) is 0 Å². The second-order valence-electron chi connectivity index (χ2n) is 4.62. The molecule has 23 heavy (non-hydrogen) atoms. The molecule has 0 bridgehead atoms. The van der Waals surface area contributed by atoms with E-state index in [-0.39, 0.29) is 17.6 Å². The number of carbonyl (C=O) groups is 1. The number of benzene rings is 2. The van der Waals surface area contributed by atoms with Crippen LogP contribution in [-0.2, 0) is 11.2 Å². The molecule has 0 unspecified atom stereocenters. The summed E-state index contributed by atoms with van der Waals surface area (Å²) in [5.41, 5.74) is 0.947. The molecule has 3 aromatic rings. The zero-order chi connectivity index (χ0) is 16.4. The number of non-ortho nitro benzene ring substituents is 1. The number of nitro benzene ring substituents is 1. The minimum Gasteiger partial charge on any atom is -0.481 e. The molecular weight excluding hydrogens is 322 g/mol. The Morgan fingerprint density at radius 3 is 2.52 bits per heavy atom. The second kappa shape index (κ2) is 6.05. The van der Waals surface area contributed by atoms with E-state index in [0.29, 0.717) is 16.0 Å². The predicted molar refractivity (Wildman–Crippen MR) is 80.4 cm³/mol. The SMILES string of the molecule is O=C(O)Cc1ccc(Sc2ccc([N+](=O)[O-])c3nonc23)cc1. The topological polar surface area (TPSA) is 119 Å². The van der Waals surface area contributed by atoms with Crippen LogP contribution in [0, 0.1) is 10.1 Å². The highest BCUT2D eigenvalue weighted by Crippen LogP contribution is 2.35. The van der Waals surface area contributed by atoms with Crippen LogP contribution < -0.4 is 0 Å². The first-order valence-corrected chi connectivity index (χ1v) is 7.24. The molecule has 3 rings (SSSR count). The van der Waals surface area contributed by atoms with Gasteiger partial charge in [-0.2, -0.15) is 0 Å². The maximum absolute atomic E-state index is 10.9. The maximum atomic E-state index is 10.9. The van der Waals surface area contributed by atoms with Gasteiger partial charge in [-0.25, -0.2) is 4.63 Å². The van der Waals surface area contributed by atoms with Crippen molar-refractivity contribution in [1.29, 1.82) is 0 Å². The zero-order valence-corrected chi connectivity index (χ0v) is 12.3. The number of aromatic nitrogens is 2. The van der Waals surface area contributed by atoms with Crippen LogP contribution in [0.3, 0.4) is 0 Å². The Hall–Kier alpha value is -2.94. The summed E-state index contributed by atoms with van der Waals surface area (Å²) >= 11 is 1.34. The number of fused-ring (bicyclic) bond motifs is 1. The fourth-order valence-electron chi connectivity index (χ4n) is 2.04. The lowest BCUT2D eigenvalue weighted by Gasteiger charge is -2.03. The molecular formula is C14H9N3O5S. The first-order chi connectivity index (χ1) is 11.0. The van der Waals surface area contributed by atoms with E-state index in [4.69, 9.17) is 5.11 Å². The lowest BCUT2D eigenvalue weighted by Crippen LogP contribution is -1.99. The van der Waals surface area contributed by atoms with Gasteiger partial charge in [0.15, 0.2) is 5.52 Å². The lowest BCUT2D eigenvalue weighted by atomic mass is 10.2. The van der Waals surface area contributed by atoms with Crippen molar-refractivity contribution >= 4 is 34.5 Å². The summed E-state index contributed by atoms with van der Waals surface area (Å²) in [6, 6.07) is 9.95. The summed E-state index contributed by atoms with van der Waals surface area (Å²) in [6.07, 6.45) is -0.0417. The Morgan fingerprint density at radius 2 is 1.87 bits per heavy atom. The van der Waals surface area contributed by atoms with Crippen molar-refractivity contribution in [1.82, 2.24) is 10.3 Å². The van der Waals surface area contributed by atoms with E-state index in [9.17, 15) is 14.9 Å². The van der Waals surface area contributed by atoms with Crippen LogP contribution in [0.15, 0.2) is 50.8 Å². The Kier molecular flexibility index (Phi) is 3.94. The molecule has 1 aromatic heterocycles. The van der Waals surface area contributed by atoms with E-state index >= 15 is 0 Å². The minimum absolute atomic E-state index is 0.0417. The third-order valence-corrected chi connectivity index (χ3v) is 4.12. The molecule has 0 aliphatic carbocycles. The number of nitro groups is 1. The Labute approximate surface area is 133 Å². The monoisotopic (exact) mass is 331 g/mol. The van der Waals surface area contributed by atoms with E-state index in [0.717, 1.165) is 4.90 Å². The largest absolute Gasteiger partial charge is 0.481 e. The highest BCUT2D eigenvalue weighted by atomic mass is 32.2. The van der Waals surface area contributed by atoms with E-state index in [2.05, 4.69) is 14.9 Å². The third-order valence-electron chi connectivity index (χ3n) is 3.06. The van der Waals surface area contributed by atoms with Gasteiger partial charge in [-0.3, -0.25) is 14.9 Å². The average Bonchev–Trinajstić information content (AvgIpc) is 2.98. The standard InChI is InChI=1S/C14H9N3O5S/c18-12(19)7-8-1-3-9(4-2-8)23-11-6-5-10(17(20)21)13-14(11)16-22-15-13/h1-6H,7H2,(H,18,19). The number of rotatable bonds is 5. The first-order valence-electron chi connectivity index (χ1n) is 6.43. The van der Waals surface area contributed by atoms with Crippen LogP contribution in [0.25, 0.3) is 11.0 Å². The summed E-state index contributed by atoms with van der Waals surface area (Å²) < 4.78 is 4.61. The Bertz CT molecular complexity index is 891. The van der Waals surface area contributed by atoms with Crippen molar-refractivity contribution in [3.63, 3.8) is 0 Å². The van der Waals surface area contributed by atoms with Gasteiger partial charge in [0.05, 0.1) is 11.3 Å². The van der Waals surface area contributed by atoms with Crippen molar-refractivity contribution in [2.24, 2.45) is 0 Å². The van der Waals surface area contributed by atoms with Gasteiger partial charge in [-0.15, -0.1) is 0 Å². The fourth-order valence-corrected chi connectivity index (χ4v) is 2.93. The zero-order valence-electron chi connectivity index (χ0n) is 11.5. The molecule has 0 radical (unpaired) electrons. The van der Waals surface area contributed by atoms with Crippen molar-refractivity contribution in [2.45, 2.75) is 16.2 Å². The number of hydrogen-bond donors (Lipinski definition) is 1. The summed E-state index contributed by atoms with van der Waals surface area (Å²) in [5.74, 6) is -0.892. The molecule has 0 atom stereocenters. The number of aliphatic carboxylic acids is 1. The lowest BCUT2D eigenvalue weighted by molar-refractivity contribution is -0.383. The quantitative estimate of drug-likeness (QED) is 0.560. The summed E-state index contributed by atoms with van der Waals surface area (Å²) in [7, 11) is 0. The van der Waals surface area contributed by atoms with Crippen LogP contribution >= 0.6 is 11.8 Å². The summed E-state index contributed by atoms with van der Waals surface area (Å²) in [6.45, 7) is 0. The van der Waals surface area contributed by atoms with Crippen molar-refractivity contribution in [3.8, 4) is 0 Å². The van der Waals surface area contributed by atoms with Crippen LogP contribution in [0.1, 0.15) is 5.56 Å². The van der Waals surface area contributed by atoms with Gasteiger partial charge in [-0.1, -0.05) is 23.9 Å². The highest BCUT2D eigenvalue weighted by Gasteiger charge is 2.20. The van der Waals surface area contributed by atoms with Gasteiger partial charge in [0.2, 0.25) is 5.52 Å². The van der Waals surface area contributed by atoms with Gasteiger partial charge in [-0.05, 0) is 34.1 Å². The summed E-state index contributed by atoms with van der Waals surface area (Å²) in [5, 5.41) is 27.0. The molecule has 116 valence electrons. The predicted octanol–water partition coefficient (Wildman–Crippen LogP) is 2.91. The number of hydrogen-bond acceptors (Lipinski definition) is 7. The summed E-state index contributed by atoms with van der Waals surface area (Å²) in [4.78, 5) is 22.6. The molecule has 9 heteroatoms. The smallest absolute Gasteiger partial charge is 0.307 e. The number of carboxylic acids is 1. The number of carboxylic acid groups (broad SMARTS) is 1. The van der Waals surface area contributed by atoms with Gasteiger partial charge in [0.1, 0.15) is 0 Å². The van der Waals surface area contributed by atoms with Gasteiger partial charge in [0, 0.05) is 15.9 Å². The van der Waals surface area contributed by atoms with Crippen LogP contribution in [0.2, 0.25) is 0 Å². The highest BCUT2D eigenvalue weighted by molar-refractivity contribution is 7.99. The van der Waals surface area contributed by atoms with Gasteiger partial charge >= 0.3 is 11.7 Å². The second-order valence-corrected chi connectivity index (χ2v) is 5.73. The van der Waals surface area contributed by atoms with E-state index in [1.54, 1.807) is 30.3 Å². The molecule has 8 nitrogen and oxygen atoms in total.